The third-order valence-electron chi connectivity index (χ3n) is 3.14. The molecule has 1 fully saturated rings. The third kappa shape index (κ3) is 3.93. The topological polar surface area (TPSA) is 32.7 Å². The zero-order valence-electron chi connectivity index (χ0n) is 10.8. The van der Waals surface area contributed by atoms with Crippen molar-refractivity contribution in [3.63, 3.8) is 0 Å². The number of aliphatic hydroxyl groups excluding tert-OH is 1. The molecular formula is C13H20ClNO2S. The Hall–Kier alpha value is -0.130. The van der Waals surface area contributed by atoms with E-state index in [0.29, 0.717) is 0 Å². The molecule has 3 unspecified atom stereocenters. The Morgan fingerprint density at radius 2 is 2.11 bits per heavy atom. The smallest absolute Gasteiger partial charge is 0.0932 e. The van der Waals surface area contributed by atoms with Crippen molar-refractivity contribution in [2.24, 2.45) is 0 Å². The molecule has 0 saturated carbocycles. The zero-order chi connectivity index (χ0) is 13.1. The van der Waals surface area contributed by atoms with Crippen LogP contribution in [0.2, 0.25) is 4.34 Å². The van der Waals surface area contributed by atoms with Crippen LogP contribution in [-0.4, -0.2) is 41.8 Å². The summed E-state index contributed by atoms with van der Waals surface area (Å²) in [5.41, 5.74) is 0. The Morgan fingerprint density at radius 1 is 1.44 bits per heavy atom. The second-order valence-corrected chi connectivity index (χ2v) is 6.71. The van der Waals surface area contributed by atoms with Gasteiger partial charge in [0.25, 0.3) is 0 Å². The normalized spacial score (nSPS) is 27.3. The number of thiophene rings is 1. The Kier molecular flexibility index (Phi) is 5.04. The van der Waals surface area contributed by atoms with Crippen LogP contribution in [0.1, 0.15) is 31.2 Å². The summed E-state index contributed by atoms with van der Waals surface area (Å²) in [5, 5.41) is 10.1. The van der Waals surface area contributed by atoms with Gasteiger partial charge in [-0.25, -0.2) is 0 Å². The predicted octanol–water partition coefficient (Wildman–Crippen LogP) is 2.93. The van der Waals surface area contributed by atoms with E-state index in [-0.39, 0.29) is 12.2 Å². The molecule has 1 aromatic rings. The molecule has 0 radical (unpaired) electrons. The van der Waals surface area contributed by atoms with Gasteiger partial charge in [0.15, 0.2) is 0 Å². The molecule has 0 amide bonds. The first-order valence-corrected chi connectivity index (χ1v) is 7.55. The van der Waals surface area contributed by atoms with Crippen LogP contribution in [0.3, 0.4) is 0 Å². The van der Waals surface area contributed by atoms with Crippen molar-refractivity contribution in [3.05, 3.63) is 21.3 Å². The number of hydrogen-bond donors (Lipinski definition) is 1. The first-order valence-electron chi connectivity index (χ1n) is 6.35. The van der Waals surface area contributed by atoms with Gasteiger partial charge >= 0.3 is 0 Å². The maximum absolute atomic E-state index is 10.1. The van der Waals surface area contributed by atoms with Crippen LogP contribution < -0.4 is 0 Å². The molecule has 1 aliphatic heterocycles. The molecule has 0 spiro atoms. The van der Waals surface area contributed by atoms with E-state index in [9.17, 15) is 5.11 Å². The highest BCUT2D eigenvalue weighted by Crippen LogP contribution is 2.28. The summed E-state index contributed by atoms with van der Waals surface area (Å²) in [5.74, 6) is 0. The largest absolute Gasteiger partial charge is 0.388 e. The van der Waals surface area contributed by atoms with Gasteiger partial charge in [0.05, 0.1) is 22.6 Å². The maximum atomic E-state index is 10.1. The van der Waals surface area contributed by atoms with Crippen molar-refractivity contribution in [3.8, 4) is 0 Å². The SMILES string of the molecule is CC1CN(CCC(O)c2ccc(Cl)s2)CC(C)O1. The third-order valence-corrected chi connectivity index (χ3v) is 4.47. The standard InChI is InChI=1S/C13H20ClNO2S/c1-9-7-15(8-10(2)17-9)6-5-11(16)12-3-4-13(14)18-12/h3-4,9-11,16H,5-8H2,1-2H3. The fourth-order valence-electron chi connectivity index (χ4n) is 2.42. The number of morpholine rings is 1. The Morgan fingerprint density at radius 3 is 2.67 bits per heavy atom. The second kappa shape index (κ2) is 6.35. The van der Waals surface area contributed by atoms with Crippen LogP contribution >= 0.6 is 22.9 Å². The molecule has 5 heteroatoms. The number of rotatable bonds is 4. The van der Waals surface area contributed by atoms with Crippen LogP contribution in [0.15, 0.2) is 12.1 Å². The minimum atomic E-state index is -0.407. The van der Waals surface area contributed by atoms with Gasteiger partial charge in [0.2, 0.25) is 0 Å². The quantitative estimate of drug-likeness (QED) is 0.925. The molecule has 18 heavy (non-hydrogen) atoms. The molecule has 102 valence electrons. The number of halogens is 1. The van der Waals surface area contributed by atoms with E-state index in [0.717, 1.165) is 35.3 Å². The minimum absolute atomic E-state index is 0.280. The van der Waals surface area contributed by atoms with Gasteiger partial charge in [0, 0.05) is 24.5 Å². The molecule has 1 N–H and O–H groups in total. The van der Waals surface area contributed by atoms with E-state index in [4.69, 9.17) is 16.3 Å². The molecule has 3 atom stereocenters. The van der Waals surface area contributed by atoms with Crippen molar-refractivity contribution < 1.29 is 9.84 Å². The van der Waals surface area contributed by atoms with Gasteiger partial charge < -0.3 is 9.84 Å². The van der Waals surface area contributed by atoms with Gasteiger partial charge in [-0.2, -0.15) is 0 Å². The van der Waals surface area contributed by atoms with E-state index in [1.165, 1.54) is 11.3 Å². The van der Waals surface area contributed by atoms with E-state index in [1.807, 2.05) is 12.1 Å². The van der Waals surface area contributed by atoms with E-state index in [2.05, 4.69) is 18.7 Å². The van der Waals surface area contributed by atoms with Crippen molar-refractivity contribution >= 4 is 22.9 Å². The molecule has 1 aromatic heterocycles. The van der Waals surface area contributed by atoms with Crippen molar-refractivity contribution in [1.29, 1.82) is 0 Å². The lowest BCUT2D eigenvalue weighted by Gasteiger charge is -2.35. The molecule has 2 rings (SSSR count). The summed E-state index contributed by atoms with van der Waals surface area (Å²) in [6.45, 7) is 6.98. The molecule has 1 aliphatic rings. The Labute approximate surface area is 117 Å². The predicted molar refractivity (Wildman–Crippen MR) is 75.4 cm³/mol. The lowest BCUT2D eigenvalue weighted by molar-refractivity contribution is -0.0702. The molecule has 3 nitrogen and oxygen atoms in total. The Bertz CT molecular complexity index is 375. The monoisotopic (exact) mass is 289 g/mol. The molecule has 0 aromatic carbocycles. The summed E-state index contributed by atoms with van der Waals surface area (Å²) in [7, 11) is 0. The van der Waals surface area contributed by atoms with Crippen molar-refractivity contribution in [2.45, 2.75) is 38.6 Å². The van der Waals surface area contributed by atoms with E-state index < -0.39 is 6.10 Å². The van der Waals surface area contributed by atoms with E-state index >= 15 is 0 Å². The molecular weight excluding hydrogens is 270 g/mol. The first-order chi connectivity index (χ1) is 8.54. The number of ether oxygens (including phenoxy) is 1. The first kappa shape index (κ1) is 14.3. The molecule has 0 bridgehead atoms. The van der Waals surface area contributed by atoms with Crippen LogP contribution in [0, 0.1) is 0 Å². The summed E-state index contributed by atoms with van der Waals surface area (Å²) >= 11 is 7.33. The zero-order valence-corrected chi connectivity index (χ0v) is 12.4. The van der Waals surface area contributed by atoms with Crippen LogP contribution in [-0.2, 0) is 4.74 Å². The Balaban J connectivity index is 1.80. The van der Waals surface area contributed by atoms with Crippen LogP contribution in [0.5, 0.6) is 0 Å². The van der Waals surface area contributed by atoms with Gasteiger partial charge in [-0.3, -0.25) is 4.90 Å². The molecule has 0 aliphatic carbocycles. The summed E-state index contributed by atoms with van der Waals surface area (Å²) < 4.78 is 6.43. The average Bonchev–Trinajstić information content (AvgIpc) is 2.71. The lowest BCUT2D eigenvalue weighted by atomic mass is 10.1. The molecule has 1 saturated heterocycles. The fourth-order valence-corrected chi connectivity index (χ4v) is 3.50. The highest BCUT2D eigenvalue weighted by Gasteiger charge is 2.22. The fraction of sp³-hybridized carbons (Fsp3) is 0.692. The second-order valence-electron chi connectivity index (χ2n) is 4.96. The van der Waals surface area contributed by atoms with Crippen LogP contribution in [0.4, 0.5) is 0 Å². The van der Waals surface area contributed by atoms with Gasteiger partial charge in [0.1, 0.15) is 0 Å². The van der Waals surface area contributed by atoms with Crippen molar-refractivity contribution in [1.82, 2.24) is 4.90 Å². The van der Waals surface area contributed by atoms with Gasteiger partial charge in [-0.1, -0.05) is 11.6 Å². The number of aliphatic hydroxyl groups is 1. The van der Waals surface area contributed by atoms with Gasteiger partial charge in [-0.05, 0) is 32.4 Å². The summed E-state index contributed by atoms with van der Waals surface area (Å²) in [6.07, 6.45) is 0.899. The minimum Gasteiger partial charge on any atom is -0.388 e. The van der Waals surface area contributed by atoms with Crippen LogP contribution in [0.25, 0.3) is 0 Å². The number of nitrogens with zero attached hydrogens (tertiary/aromatic N) is 1. The molecule has 2 heterocycles. The highest BCUT2D eigenvalue weighted by atomic mass is 35.5. The highest BCUT2D eigenvalue weighted by molar-refractivity contribution is 7.16. The maximum Gasteiger partial charge on any atom is 0.0932 e. The number of hydrogen-bond acceptors (Lipinski definition) is 4. The summed E-state index contributed by atoms with van der Waals surface area (Å²) in [4.78, 5) is 3.31. The lowest BCUT2D eigenvalue weighted by Crippen LogP contribution is -2.45. The van der Waals surface area contributed by atoms with Crippen molar-refractivity contribution in [2.75, 3.05) is 19.6 Å². The van der Waals surface area contributed by atoms with Gasteiger partial charge in [-0.15, -0.1) is 11.3 Å². The van der Waals surface area contributed by atoms with E-state index in [1.54, 1.807) is 0 Å². The average molecular weight is 290 g/mol. The summed E-state index contributed by atoms with van der Waals surface area (Å²) in [6, 6.07) is 3.74.